The first-order valence-electron chi connectivity index (χ1n) is 10.9. The van der Waals surface area contributed by atoms with Gasteiger partial charge in [-0.15, -0.1) is 5.10 Å². The fraction of sp³-hybridized carbons (Fsp3) is 0.115. The Labute approximate surface area is 204 Å². The molecule has 0 aliphatic rings. The summed E-state index contributed by atoms with van der Waals surface area (Å²) in [7, 11) is 0. The lowest BCUT2D eigenvalue weighted by atomic mass is 10.1. The van der Waals surface area contributed by atoms with Crippen molar-refractivity contribution in [3.8, 4) is 5.69 Å². The van der Waals surface area contributed by atoms with Crippen molar-refractivity contribution in [2.75, 3.05) is 0 Å². The van der Waals surface area contributed by atoms with Crippen LogP contribution >= 0.6 is 11.8 Å². The lowest BCUT2D eigenvalue weighted by Crippen LogP contribution is -2.24. The van der Waals surface area contributed by atoms with Gasteiger partial charge in [0.1, 0.15) is 0 Å². The van der Waals surface area contributed by atoms with Crippen LogP contribution in [0.15, 0.2) is 88.9 Å². The summed E-state index contributed by atoms with van der Waals surface area (Å²) >= 11 is 1.41. The van der Waals surface area contributed by atoms with Crippen LogP contribution in [0.4, 0.5) is 0 Å². The third kappa shape index (κ3) is 4.85. The molecule has 0 bridgehead atoms. The number of benzene rings is 3. The summed E-state index contributed by atoms with van der Waals surface area (Å²) in [6, 6.07) is 22.0. The standard InChI is InChI=1S/C26H21N5O3S/c1-17-10-11-23-22(12-17)24(32)30(14-18-6-3-2-4-7-18)26(27-23)35-16-20-15-31(29-28-20)21-9-5-8-19(13-21)25(33)34/h2-13,15H,14,16H2,1H3,(H,33,34). The van der Waals surface area contributed by atoms with Crippen molar-refractivity contribution in [3.63, 3.8) is 0 Å². The molecule has 3 aromatic carbocycles. The average molecular weight is 484 g/mol. The molecule has 1 N–H and O–H groups in total. The molecule has 9 heteroatoms. The summed E-state index contributed by atoms with van der Waals surface area (Å²) in [6.07, 6.45) is 1.75. The maximum absolute atomic E-state index is 13.4. The molecule has 0 saturated carbocycles. The number of carbonyl (C=O) groups is 1. The molecule has 5 rings (SSSR count). The molecule has 2 heterocycles. The predicted molar refractivity (Wildman–Crippen MR) is 134 cm³/mol. The number of nitrogens with zero attached hydrogens (tertiary/aromatic N) is 5. The maximum Gasteiger partial charge on any atom is 0.335 e. The van der Waals surface area contributed by atoms with Gasteiger partial charge >= 0.3 is 5.97 Å². The number of hydrogen-bond donors (Lipinski definition) is 1. The van der Waals surface area contributed by atoms with E-state index in [1.807, 2.05) is 55.5 Å². The average Bonchev–Trinajstić information content (AvgIpc) is 3.35. The van der Waals surface area contributed by atoms with Gasteiger partial charge in [0.05, 0.1) is 40.6 Å². The topological polar surface area (TPSA) is 103 Å². The Balaban J connectivity index is 1.46. The van der Waals surface area contributed by atoms with Crippen LogP contribution in [0.3, 0.4) is 0 Å². The SMILES string of the molecule is Cc1ccc2nc(SCc3cn(-c4cccc(C(=O)O)c4)nn3)n(Cc3ccccc3)c(=O)c2c1. The third-order valence-electron chi connectivity index (χ3n) is 5.51. The highest BCUT2D eigenvalue weighted by molar-refractivity contribution is 7.98. The molecule has 0 radical (unpaired) electrons. The third-order valence-corrected chi connectivity index (χ3v) is 6.52. The summed E-state index contributed by atoms with van der Waals surface area (Å²) in [4.78, 5) is 29.5. The summed E-state index contributed by atoms with van der Waals surface area (Å²) < 4.78 is 3.23. The lowest BCUT2D eigenvalue weighted by Gasteiger charge is -2.13. The summed E-state index contributed by atoms with van der Waals surface area (Å²) in [5.41, 5.74) is 4.05. The molecule has 0 saturated heterocycles. The van der Waals surface area contributed by atoms with E-state index in [1.165, 1.54) is 22.5 Å². The van der Waals surface area contributed by atoms with E-state index in [0.717, 1.165) is 11.1 Å². The Morgan fingerprint density at radius 1 is 1.03 bits per heavy atom. The van der Waals surface area contributed by atoms with Crippen LogP contribution < -0.4 is 5.56 Å². The van der Waals surface area contributed by atoms with E-state index >= 15 is 0 Å². The number of carboxylic acids is 1. The zero-order valence-corrected chi connectivity index (χ0v) is 19.6. The lowest BCUT2D eigenvalue weighted by molar-refractivity contribution is 0.0697. The molecule has 0 aliphatic heterocycles. The van der Waals surface area contributed by atoms with E-state index < -0.39 is 5.97 Å². The van der Waals surface area contributed by atoms with Crippen LogP contribution in [-0.2, 0) is 12.3 Å². The molecular weight excluding hydrogens is 462 g/mol. The second-order valence-corrected chi connectivity index (χ2v) is 9.03. The van der Waals surface area contributed by atoms with Gasteiger partial charge in [0, 0.05) is 5.75 Å². The van der Waals surface area contributed by atoms with Crippen molar-refractivity contribution in [1.29, 1.82) is 0 Å². The highest BCUT2D eigenvalue weighted by Crippen LogP contribution is 2.23. The zero-order chi connectivity index (χ0) is 24.4. The van der Waals surface area contributed by atoms with Gasteiger partial charge in [0.15, 0.2) is 5.16 Å². The van der Waals surface area contributed by atoms with E-state index in [4.69, 9.17) is 4.98 Å². The van der Waals surface area contributed by atoms with E-state index in [0.29, 0.717) is 39.7 Å². The molecule has 2 aromatic heterocycles. The predicted octanol–water partition coefficient (Wildman–Crippen LogP) is 4.32. The largest absolute Gasteiger partial charge is 0.478 e. The van der Waals surface area contributed by atoms with Crippen molar-refractivity contribution in [1.82, 2.24) is 24.5 Å². The van der Waals surface area contributed by atoms with Gasteiger partial charge < -0.3 is 5.11 Å². The summed E-state index contributed by atoms with van der Waals surface area (Å²) in [5, 5.41) is 18.8. The molecule has 8 nitrogen and oxygen atoms in total. The minimum absolute atomic E-state index is 0.0841. The van der Waals surface area contributed by atoms with Crippen LogP contribution in [0.5, 0.6) is 0 Å². The van der Waals surface area contributed by atoms with Gasteiger partial charge in [-0.05, 0) is 42.8 Å². The van der Waals surface area contributed by atoms with Crippen molar-refractivity contribution in [2.24, 2.45) is 0 Å². The van der Waals surface area contributed by atoms with Crippen molar-refractivity contribution < 1.29 is 9.90 Å². The molecule has 0 unspecified atom stereocenters. The van der Waals surface area contributed by atoms with Crippen molar-refractivity contribution >= 4 is 28.6 Å². The second-order valence-electron chi connectivity index (χ2n) is 8.09. The Morgan fingerprint density at radius 2 is 1.86 bits per heavy atom. The number of fused-ring (bicyclic) bond motifs is 1. The molecule has 0 spiro atoms. The summed E-state index contributed by atoms with van der Waals surface area (Å²) in [6.45, 7) is 2.37. The molecule has 0 amide bonds. The van der Waals surface area contributed by atoms with Gasteiger partial charge in [-0.3, -0.25) is 9.36 Å². The highest BCUT2D eigenvalue weighted by Gasteiger charge is 2.14. The number of hydrogen-bond acceptors (Lipinski definition) is 6. The molecule has 0 fully saturated rings. The van der Waals surface area contributed by atoms with Gasteiger partial charge in [0.2, 0.25) is 0 Å². The number of aryl methyl sites for hydroxylation is 1. The Hall–Kier alpha value is -4.24. The fourth-order valence-corrected chi connectivity index (χ4v) is 4.62. The number of aromatic nitrogens is 5. The number of carboxylic acid groups (broad SMARTS) is 1. The van der Waals surface area contributed by atoms with E-state index in [9.17, 15) is 14.7 Å². The van der Waals surface area contributed by atoms with E-state index in [2.05, 4.69) is 10.3 Å². The van der Waals surface area contributed by atoms with Gasteiger partial charge in [-0.1, -0.05) is 65.0 Å². The van der Waals surface area contributed by atoms with Gasteiger partial charge in [-0.2, -0.15) is 0 Å². The minimum atomic E-state index is -1.00. The van der Waals surface area contributed by atoms with Crippen LogP contribution in [0.2, 0.25) is 0 Å². The van der Waals surface area contributed by atoms with Crippen molar-refractivity contribution in [2.45, 2.75) is 24.4 Å². The first-order chi connectivity index (χ1) is 17.0. The molecule has 35 heavy (non-hydrogen) atoms. The second kappa shape index (κ2) is 9.55. The van der Waals surface area contributed by atoms with Crippen LogP contribution in [-0.4, -0.2) is 35.6 Å². The molecule has 5 aromatic rings. The minimum Gasteiger partial charge on any atom is -0.478 e. The smallest absolute Gasteiger partial charge is 0.335 e. The molecule has 174 valence electrons. The first kappa shape index (κ1) is 22.5. The Kier molecular flexibility index (Phi) is 6.15. The van der Waals surface area contributed by atoms with Crippen LogP contribution in [0, 0.1) is 6.92 Å². The highest BCUT2D eigenvalue weighted by atomic mass is 32.2. The normalized spacial score (nSPS) is 11.1. The Morgan fingerprint density at radius 3 is 2.66 bits per heavy atom. The van der Waals surface area contributed by atoms with Crippen LogP contribution in [0.25, 0.3) is 16.6 Å². The zero-order valence-electron chi connectivity index (χ0n) is 18.8. The number of thioether (sulfide) groups is 1. The van der Waals surface area contributed by atoms with Crippen LogP contribution in [0.1, 0.15) is 27.2 Å². The monoisotopic (exact) mass is 483 g/mol. The van der Waals surface area contributed by atoms with Gasteiger partial charge in [-0.25, -0.2) is 14.5 Å². The Bertz CT molecular complexity index is 1590. The van der Waals surface area contributed by atoms with E-state index in [1.54, 1.807) is 29.0 Å². The number of aromatic carboxylic acids is 1. The first-order valence-corrected chi connectivity index (χ1v) is 11.9. The summed E-state index contributed by atoms with van der Waals surface area (Å²) in [5.74, 6) is -0.561. The molecule has 0 aliphatic carbocycles. The molecular formula is C26H21N5O3S. The molecule has 0 atom stereocenters. The van der Waals surface area contributed by atoms with Gasteiger partial charge in [0.25, 0.3) is 5.56 Å². The maximum atomic E-state index is 13.4. The quantitative estimate of drug-likeness (QED) is 0.272. The number of rotatable bonds is 7. The van der Waals surface area contributed by atoms with E-state index in [-0.39, 0.29) is 11.1 Å². The van der Waals surface area contributed by atoms with Crippen molar-refractivity contribution in [3.05, 3.63) is 112 Å². The fourth-order valence-electron chi connectivity index (χ4n) is 3.74.